The molecule has 182 valence electrons. The van der Waals surface area contributed by atoms with Crippen molar-refractivity contribution >= 4 is 54.2 Å². The van der Waals surface area contributed by atoms with E-state index in [2.05, 4.69) is 45.8 Å². The topological polar surface area (TPSA) is 160 Å². The van der Waals surface area contributed by atoms with E-state index < -0.39 is 21.7 Å². The summed E-state index contributed by atoms with van der Waals surface area (Å²) < 4.78 is 38.3. The minimum absolute atomic E-state index is 0.0587. The summed E-state index contributed by atoms with van der Waals surface area (Å²) in [7, 11) is -3.71. The third-order valence-electron chi connectivity index (χ3n) is 5.08. The van der Waals surface area contributed by atoms with Crippen LogP contribution in [-0.2, 0) is 15.8 Å². The van der Waals surface area contributed by atoms with E-state index in [0.29, 0.717) is 32.3 Å². The van der Waals surface area contributed by atoms with E-state index in [4.69, 9.17) is 4.52 Å². The van der Waals surface area contributed by atoms with Crippen LogP contribution in [-0.4, -0.2) is 29.6 Å². The molecule has 0 aliphatic heterocycles. The maximum absolute atomic E-state index is 13.1. The van der Waals surface area contributed by atoms with Crippen molar-refractivity contribution in [2.45, 2.75) is 5.75 Å². The van der Waals surface area contributed by atoms with Crippen LogP contribution in [0.2, 0.25) is 0 Å². The zero-order chi connectivity index (χ0) is 25.3. The second-order valence-corrected chi connectivity index (χ2v) is 10.3. The number of aromatic amines is 1. The molecule has 0 bridgehead atoms. The van der Waals surface area contributed by atoms with Crippen molar-refractivity contribution in [3.05, 3.63) is 93.0 Å². The van der Waals surface area contributed by atoms with E-state index in [1.165, 1.54) is 18.2 Å². The monoisotopic (exact) mass is 569 g/mol. The van der Waals surface area contributed by atoms with Crippen LogP contribution in [0.3, 0.4) is 0 Å². The molecule has 3 N–H and O–H groups in total. The number of halogens is 1. The Balaban J connectivity index is 1.42. The predicted octanol–water partition coefficient (Wildman–Crippen LogP) is 4.13. The molecule has 5 aromatic rings. The van der Waals surface area contributed by atoms with Gasteiger partial charge in [-0.25, -0.2) is 13.2 Å². The van der Waals surface area contributed by atoms with E-state index >= 15 is 0 Å². The standard InChI is InChI=1S/C23H16BrN5O6S/c24-14-6-8-18(16(10-14)21-26-23(31)35-28-21)25-22(30)20-17-11-15(7-9-19(17)34-27-20)29-36(32,33)12-13-4-2-1-3-5-13/h1-11,29H,12H2,(H,25,30)(H,26,28,31). The number of carbonyl (C=O) groups excluding carboxylic acids is 1. The number of H-pyrrole nitrogens is 1. The van der Waals surface area contributed by atoms with Crippen molar-refractivity contribution < 1.29 is 22.3 Å². The Hall–Kier alpha value is -4.23. The number of fused-ring (bicyclic) bond motifs is 1. The molecule has 0 radical (unpaired) electrons. The molecule has 0 aliphatic rings. The van der Waals surface area contributed by atoms with Gasteiger partial charge in [-0.3, -0.25) is 19.0 Å². The fourth-order valence-electron chi connectivity index (χ4n) is 3.52. The lowest BCUT2D eigenvalue weighted by Crippen LogP contribution is -2.15. The SMILES string of the molecule is O=C(Nc1ccc(Br)cc1-c1noc(=O)[nH]1)c1noc2ccc(NS(=O)(=O)Cc3ccccc3)cc12. The molecule has 2 heterocycles. The first-order valence-corrected chi connectivity index (χ1v) is 12.8. The minimum Gasteiger partial charge on any atom is -0.355 e. The number of nitrogens with one attached hydrogen (secondary N) is 3. The largest absolute Gasteiger partial charge is 0.439 e. The first-order chi connectivity index (χ1) is 17.3. The van der Waals surface area contributed by atoms with Crippen molar-refractivity contribution in [1.82, 2.24) is 15.3 Å². The molecule has 0 unspecified atom stereocenters. The number of rotatable bonds is 7. The summed E-state index contributed by atoms with van der Waals surface area (Å²) in [5, 5.41) is 10.5. The van der Waals surface area contributed by atoms with Gasteiger partial charge in [0.25, 0.3) is 5.91 Å². The molecule has 0 fully saturated rings. The molecule has 0 aliphatic carbocycles. The lowest BCUT2D eigenvalue weighted by atomic mass is 10.1. The van der Waals surface area contributed by atoms with Gasteiger partial charge in [0.15, 0.2) is 17.1 Å². The highest BCUT2D eigenvalue weighted by molar-refractivity contribution is 9.10. The quantitative estimate of drug-likeness (QED) is 0.263. The van der Waals surface area contributed by atoms with Crippen molar-refractivity contribution in [2.75, 3.05) is 10.0 Å². The van der Waals surface area contributed by atoms with Crippen LogP contribution < -0.4 is 15.8 Å². The first kappa shape index (κ1) is 23.5. The van der Waals surface area contributed by atoms with Gasteiger partial charge in [0, 0.05) is 15.7 Å². The zero-order valence-corrected chi connectivity index (χ0v) is 20.6. The van der Waals surface area contributed by atoms with Gasteiger partial charge in [0.05, 0.1) is 16.8 Å². The van der Waals surface area contributed by atoms with Crippen LogP contribution >= 0.6 is 15.9 Å². The number of aromatic nitrogens is 3. The number of hydrogen-bond donors (Lipinski definition) is 3. The van der Waals surface area contributed by atoms with Crippen LogP contribution in [0.5, 0.6) is 0 Å². The van der Waals surface area contributed by atoms with Crippen LogP contribution in [0, 0.1) is 0 Å². The third kappa shape index (κ3) is 5.06. The Morgan fingerprint density at radius 2 is 1.81 bits per heavy atom. The molecule has 0 spiro atoms. The summed E-state index contributed by atoms with van der Waals surface area (Å²) in [5.41, 5.74) is 1.84. The molecule has 0 atom stereocenters. The van der Waals surface area contributed by atoms with E-state index in [1.54, 1.807) is 48.5 Å². The van der Waals surface area contributed by atoms with Gasteiger partial charge in [0.1, 0.15) is 0 Å². The Bertz CT molecular complexity index is 1740. The fourth-order valence-corrected chi connectivity index (χ4v) is 5.07. The minimum atomic E-state index is -3.71. The Labute approximate surface area is 211 Å². The second kappa shape index (κ2) is 9.43. The molecule has 0 saturated carbocycles. The molecule has 5 rings (SSSR count). The van der Waals surface area contributed by atoms with E-state index in [1.807, 2.05) is 0 Å². The van der Waals surface area contributed by atoms with Crippen molar-refractivity contribution in [3.63, 3.8) is 0 Å². The van der Waals surface area contributed by atoms with E-state index in [9.17, 15) is 18.0 Å². The number of carbonyl (C=O) groups is 1. The van der Waals surface area contributed by atoms with Gasteiger partial charge in [-0.15, -0.1) is 0 Å². The van der Waals surface area contributed by atoms with Crippen LogP contribution in [0.25, 0.3) is 22.4 Å². The van der Waals surface area contributed by atoms with Gasteiger partial charge >= 0.3 is 5.76 Å². The molecule has 2 aromatic heterocycles. The van der Waals surface area contributed by atoms with Crippen LogP contribution in [0.1, 0.15) is 16.1 Å². The average Bonchev–Trinajstić information content (AvgIpc) is 3.46. The maximum Gasteiger partial charge on any atom is 0.439 e. The summed E-state index contributed by atoms with van der Waals surface area (Å²) in [5.74, 6) is -1.45. The van der Waals surface area contributed by atoms with Crippen LogP contribution in [0.15, 0.2) is 85.0 Å². The first-order valence-electron chi connectivity index (χ1n) is 10.4. The number of anilines is 2. The Morgan fingerprint density at radius 1 is 1.00 bits per heavy atom. The normalized spacial score (nSPS) is 11.5. The summed E-state index contributed by atoms with van der Waals surface area (Å²) in [6, 6.07) is 18.2. The number of benzene rings is 3. The average molecular weight is 570 g/mol. The van der Waals surface area contributed by atoms with Crippen LogP contribution in [0.4, 0.5) is 11.4 Å². The Kier molecular flexibility index (Phi) is 6.16. The number of nitrogens with zero attached hydrogens (tertiary/aromatic N) is 2. The lowest BCUT2D eigenvalue weighted by Gasteiger charge is -2.09. The smallest absolute Gasteiger partial charge is 0.355 e. The van der Waals surface area contributed by atoms with Gasteiger partial charge in [-0.05, 0) is 42.0 Å². The van der Waals surface area contributed by atoms with E-state index in [0.717, 1.165) is 0 Å². The van der Waals surface area contributed by atoms with Gasteiger partial charge in [-0.2, -0.15) is 0 Å². The van der Waals surface area contributed by atoms with Gasteiger partial charge in [0.2, 0.25) is 10.0 Å². The highest BCUT2D eigenvalue weighted by Gasteiger charge is 2.20. The third-order valence-corrected chi connectivity index (χ3v) is 6.84. The predicted molar refractivity (Wildman–Crippen MR) is 135 cm³/mol. The molecular formula is C23H16BrN5O6S. The molecule has 13 heteroatoms. The van der Waals surface area contributed by atoms with Crippen molar-refractivity contribution in [3.8, 4) is 11.4 Å². The number of amides is 1. The van der Waals surface area contributed by atoms with Gasteiger partial charge < -0.3 is 9.84 Å². The molecule has 36 heavy (non-hydrogen) atoms. The maximum atomic E-state index is 13.1. The second-order valence-electron chi connectivity index (χ2n) is 7.68. The molecule has 3 aromatic carbocycles. The van der Waals surface area contributed by atoms with Crippen molar-refractivity contribution in [2.24, 2.45) is 0 Å². The number of sulfonamides is 1. The summed E-state index contributed by atoms with van der Waals surface area (Å²) in [6.07, 6.45) is 0. The molecule has 11 nitrogen and oxygen atoms in total. The molecular weight excluding hydrogens is 554 g/mol. The lowest BCUT2D eigenvalue weighted by molar-refractivity contribution is 0.102. The van der Waals surface area contributed by atoms with Gasteiger partial charge in [-0.1, -0.05) is 56.6 Å². The highest BCUT2D eigenvalue weighted by Crippen LogP contribution is 2.30. The van der Waals surface area contributed by atoms with Crippen molar-refractivity contribution in [1.29, 1.82) is 0 Å². The van der Waals surface area contributed by atoms with E-state index in [-0.39, 0.29) is 23.0 Å². The zero-order valence-electron chi connectivity index (χ0n) is 18.2. The molecule has 1 amide bonds. The Morgan fingerprint density at radius 3 is 2.56 bits per heavy atom. The highest BCUT2D eigenvalue weighted by atomic mass is 79.9. The summed E-state index contributed by atoms with van der Waals surface area (Å²) in [6.45, 7) is 0. The summed E-state index contributed by atoms with van der Waals surface area (Å²) in [4.78, 5) is 26.9. The summed E-state index contributed by atoms with van der Waals surface area (Å²) >= 11 is 3.34. The molecule has 0 saturated heterocycles. The fraction of sp³-hybridized carbons (Fsp3) is 0.0435. The number of hydrogen-bond acceptors (Lipinski definition) is 8.